The van der Waals surface area contributed by atoms with Gasteiger partial charge in [-0.15, -0.1) is 10.2 Å². The summed E-state index contributed by atoms with van der Waals surface area (Å²) in [6.45, 7) is 4.90. The third-order valence-electron chi connectivity index (χ3n) is 5.00. The average Bonchev–Trinajstić information content (AvgIpc) is 3.38. The Bertz CT molecular complexity index is 1360. The van der Waals surface area contributed by atoms with Gasteiger partial charge < -0.3 is 13.9 Å². The summed E-state index contributed by atoms with van der Waals surface area (Å²) in [5, 5.41) is 8.59. The standard InChI is InChI=1S/C21H23FN6O3S/c1-14(2)28-13-23-25-21(28)17-5-4-6-20(24-17)26-32(29,30)19-12-18-15(11-16(19)22)7-8-27(18)9-10-31-3/h4-8,11-14H,9-10H2,1-3H3,(H,24,26). The minimum absolute atomic E-state index is 0.0510. The third-order valence-corrected chi connectivity index (χ3v) is 6.37. The molecule has 3 aromatic heterocycles. The SMILES string of the molecule is COCCn1ccc2cc(F)c(S(=O)(=O)Nc3cccc(-c4nncn4C(C)C)n3)cc21. The number of ether oxygens (including phenoxy) is 1. The summed E-state index contributed by atoms with van der Waals surface area (Å²) in [5.74, 6) is -0.287. The molecule has 0 radical (unpaired) electrons. The number of sulfonamides is 1. The Kier molecular flexibility index (Phi) is 5.94. The fourth-order valence-corrected chi connectivity index (χ4v) is 4.48. The predicted octanol–water partition coefficient (Wildman–Crippen LogP) is 3.46. The molecule has 0 aliphatic rings. The maximum atomic E-state index is 14.7. The van der Waals surface area contributed by atoms with E-state index >= 15 is 0 Å². The lowest BCUT2D eigenvalue weighted by Crippen LogP contribution is -2.16. The van der Waals surface area contributed by atoms with Gasteiger partial charge in [0.15, 0.2) is 5.82 Å². The highest BCUT2D eigenvalue weighted by atomic mass is 32.2. The van der Waals surface area contributed by atoms with Gasteiger partial charge in [-0.2, -0.15) is 0 Å². The van der Waals surface area contributed by atoms with E-state index in [1.165, 1.54) is 18.2 Å². The molecule has 3 heterocycles. The quantitative estimate of drug-likeness (QED) is 0.434. The Labute approximate surface area is 184 Å². The van der Waals surface area contributed by atoms with Gasteiger partial charge in [-0.25, -0.2) is 17.8 Å². The molecule has 4 rings (SSSR count). The van der Waals surface area contributed by atoms with Gasteiger partial charge in [-0.1, -0.05) is 6.07 Å². The largest absolute Gasteiger partial charge is 0.383 e. The van der Waals surface area contributed by atoms with Crippen molar-refractivity contribution in [1.82, 2.24) is 24.3 Å². The van der Waals surface area contributed by atoms with Crippen LogP contribution in [0.25, 0.3) is 22.4 Å². The molecule has 0 spiro atoms. The smallest absolute Gasteiger partial charge is 0.266 e. The molecular weight excluding hydrogens is 435 g/mol. The van der Waals surface area contributed by atoms with Gasteiger partial charge in [-0.3, -0.25) is 4.72 Å². The van der Waals surface area contributed by atoms with Crippen LogP contribution in [0.2, 0.25) is 0 Å². The van der Waals surface area contributed by atoms with Crippen LogP contribution in [-0.2, 0) is 21.3 Å². The van der Waals surface area contributed by atoms with E-state index in [0.29, 0.717) is 35.6 Å². The van der Waals surface area contributed by atoms with Crippen molar-refractivity contribution < 1.29 is 17.5 Å². The second-order valence-electron chi connectivity index (χ2n) is 7.51. The van der Waals surface area contributed by atoms with Crippen LogP contribution in [0.15, 0.2) is 53.8 Å². The lowest BCUT2D eigenvalue weighted by Gasteiger charge is -2.12. The van der Waals surface area contributed by atoms with E-state index in [4.69, 9.17) is 4.74 Å². The number of rotatable bonds is 8. The number of pyridine rings is 1. The van der Waals surface area contributed by atoms with E-state index in [9.17, 15) is 12.8 Å². The van der Waals surface area contributed by atoms with Crippen molar-refractivity contribution in [3.05, 3.63) is 54.7 Å². The minimum atomic E-state index is -4.24. The first-order valence-corrected chi connectivity index (χ1v) is 11.5. The molecular formula is C21H23FN6O3S. The average molecular weight is 459 g/mol. The molecule has 0 saturated heterocycles. The number of aromatic nitrogens is 5. The number of nitrogens with zero attached hydrogens (tertiary/aromatic N) is 5. The maximum absolute atomic E-state index is 14.7. The van der Waals surface area contributed by atoms with E-state index in [1.807, 2.05) is 23.0 Å². The van der Waals surface area contributed by atoms with Crippen LogP contribution >= 0.6 is 0 Å². The zero-order chi connectivity index (χ0) is 22.9. The van der Waals surface area contributed by atoms with Gasteiger partial charge in [0.25, 0.3) is 10.0 Å². The van der Waals surface area contributed by atoms with Crippen molar-refractivity contribution in [1.29, 1.82) is 0 Å². The molecule has 0 fully saturated rings. The molecule has 9 nitrogen and oxygen atoms in total. The van der Waals surface area contributed by atoms with Gasteiger partial charge >= 0.3 is 0 Å². The Balaban J connectivity index is 1.68. The molecule has 168 valence electrons. The number of nitrogens with one attached hydrogen (secondary N) is 1. The van der Waals surface area contributed by atoms with Crippen LogP contribution in [0.4, 0.5) is 10.2 Å². The maximum Gasteiger partial charge on any atom is 0.266 e. The summed E-state index contributed by atoms with van der Waals surface area (Å²) in [7, 11) is -2.66. The van der Waals surface area contributed by atoms with Crippen molar-refractivity contribution in [2.45, 2.75) is 31.3 Å². The lowest BCUT2D eigenvalue weighted by molar-refractivity contribution is 0.188. The van der Waals surface area contributed by atoms with Gasteiger partial charge in [-0.05, 0) is 44.2 Å². The fraction of sp³-hybridized carbons (Fsp3) is 0.286. The van der Waals surface area contributed by atoms with Crippen molar-refractivity contribution in [3.63, 3.8) is 0 Å². The summed E-state index contributed by atoms with van der Waals surface area (Å²) < 4.78 is 51.9. The van der Waals surface area contributed by atoms with Crippen molar-refractivity contribution in [2.75, 3.05) is 18.4 Å². The molecule has 0 atom stereocenters. The van der Waals surface area contributed by atoms with Crippen LogP contribution in [-0.4, -0.2) is 46.5 Å². The predicted molar refractivity (Wildman–Crippen MR) is 118 cm³/mol. The van der Waals surface area contributed by atoms with Crippen molar-refractivity contribution in [2.24, 2.45) is 0 Å². The zero-order valence-corrected chi connectivity index (χ0v) is 18.7. The summed E-state index contributed by atoms with van der Waals surface area (Å²) >= 11 is 0. The van der Waals surface area contributed by atoms with E-state index in [-0.39, 0.29) is 11.9 Å². The van der Waals surface area contributed by atoms with Crippen LogP contribution in [0, 0.1) is 5.82 Å². The van der Waals surface area contributed by atoms with Crippen molar-refractivity contribution in [3.8, 4) is 11.5 Å². The lowest BCUT2D eigenvalue weighted by atomic mass is 10.2. The van der Waals surface area contributed by atoms with E-state index in [0.717, 1.165) is 0 Å². The molecule has 32 heavy (non-hydrogen) atoms. The Morgan fingerprint density at radius 1 is 1.22 bits per heavy atom. The first-order chi connectivity index (χ1) is 15.3. The first kappa shape index (κ1) is 21.9. The van der Waals surface area contributed by atoms with Crippen LogP contribution in [0.3, 0.4) is 0 Å². The van der Waals surface area contributed by atoms with Crippen LogP contribution in [0.1, 0.15) is 19.9 Å². The molecule has 4 aromatic rings. The van der Waals surface area contributed by atoms with E-state index in [1.54, 1.807) is 37.8 Å². The summed E-state index contributed by atoms with van der Waals surface area (Å²) in [4.78, 5) is 3.89. The second-order valence-corrected chi connectivity index (χ2v) is 9.16. The number of fused-ring (bicyclic) bond motifs is 1. The number of hydrogen-bond donors (Lipinski definition) is 1. The number of halogens is 1. The highest BCUT2D eigenvalue weighted by Crippen LogP contribution is 2.26. The van der Waals surface area contributed by atoms with Gasteiger partial charge in [0.05, 0.1) is 6.61 Å². The van der Waals surface area contributed by atoms with E-state index < -0.39 is 20.7 Å². The summed E-state index contributed by atoms with van der Waals surface area (Å²) in [5.41, 5.74) is 1.04. The summed E-state index contributed by atoms with van der Waals surface area (Å²) in [6, 6.07) is 9.20. The number of benzene rings is 1. The molecule has 0 amide bonds. The van der Waals surface area contributed by atoms with Gasteiger partial charge in [0.1, 0.15) is 28.6 Å². The van der Waals surface area contributed by atoms with Gasteiger partial charge in [0.2, 0.25) is 0 Å². The first-order valence-electron chi connectivity index (χ1n) is 9.97. The zero-order valence-electron chi connectivity index (χ0n) is 17.9. The molecule has 0 aliphatic carbocycles. The number of methoxy groups -OCH3 is 1. The number of anilines is 1. The molecule has 0 saturated carbocycles. The number of hydrogen-bond acceptors (Lipinski definition) is 6. The minimum Gasteiger partial charge on any atom is -0.383 e. The molecule has 0 unspecified atom stereocenters. The summed E-state index contributed by atoms with van der Waals surface area (Å²) in [6.07, 6.45) is 3.35. The van der Waals surface area contributed by atoms with E-state index in [2.05, 4.69) is 19.9 Å². The van der Waals surface area contributed by atoms with Crippen molar-refractivity contribution >= 4 is 26.7 Å². The molecule has 1 N–H and O–H groups in total. The van der Waals surface area contributed by atoms with Crippen LogP contribution < -0.4 is 4.72 Å². The van der Waals surface area contributed by atoms with Gasteiger partial charge in [0, 0.05) is 36.8 Å². The molecule has 0 bridgehead atoms. The highest BCUT2D eigenvalue weighted by molar-refractivity contribution is 7.92. The third kappa shape index (κ3) is 4.21. The Morgan fingerprint density at radius 2 is 2.03 bits per heavy atom. The van der Waals surface area contributed by atoms with Crippen LogP contribution in [0.5, 0.6) is 0 Å². The Hall–Kier alpha value is -3.31. The normalized spacial score (nSPS) is 12.0. The molecule has 1 aromatic carbocycles. The topological polar surface area (TPSA) is 104 Å². The monoisotopic (exact) mass is 458 g/mol. The Morgan fingerprint density at radius 3 is 2.78 bits per heavy atom. The fourth-order valence-electron chi connectivity index (χ4n) is 3.39. The molecule has 0 aliphatic heterocycles. The molecule has 11 heteroatoms. The highest BCUT2D eigenvalue weighted by Gasteiger charge is 2.22. The second kappa shape index (κ2) is 8.67.